The first-order valence-electron chi connectivity index (χ1n) is 4.25. The summed E-state index contributed by atoms with van der Waals surface area (Å²) >= 11 is 3.24. The number of halogens is 1. The molecule has 4 heteroatoms. The molecular formula is C9H9BrN2O. The van der Waals surface area contributed by atoms with Crippen LogP contribution in [-0.4, -0.2) is 15.8 Å². The molecule has 0 radical (unpaired) electrons. The van der Waals surface area contributed by atoms with Gasteiger partial charge in [0.2, 0.25) is 0 Å². The second kappa shape index (κ2) is 3.54. The van der Waals surface area contributed by atoms with E-state index in [1.54, 1.807) is 12.4 Å². The Labute approximate surface area is 84.7 Å². The lowest BCUT2D eigenvalue weighted by Gasteiger charge is -1.97. The van der Waals surface area contributed by atoms with Gasteiger partial charge in [0.05, 0.1) is 10.9 Å². The molecule has 2 rings (SSSR count). The molecule has 0 atom stereocenters. The van der Waals surface area contributed by atoms with Gasteiger partial charge in [0.1, 0.15) is 11.6 Å². The van der Waals surface area contributed by atoms with Crippen molar-refractivity contribution >= 4 is 21.7 Å². The van der Waals surface area contributed by atoms with Gasteiger partial charge in [0.15, 0.2) is 0 Å². The number of hydrogen-bond acceptors (Lipinski definition) is 3. The highest BCUT2D eigenvalue weighted by atomic mass is 79.9. The maximum absolute atomic E-state index is 11.4. The molecule has 0 amide bonds. The summed E-state index contributed by atoms with van der Waals surface area (Å²) in [6, 6.07) is 0. The summed E-state index contributed by atoms with van der Waals surface area (Å²) in [5.41, 5.74) is 0. The number of ketones is 1. The minimum absolute atomic E-state index is 0.280. The average molecular weight is 241 g/mol. The Morgan fingerprint density at radius 2 is 2.08 bits per heavy atom. The summed E-state index contributed by atoms with van der Waals surface area (Å²) in [5, 5.41) is 0. The molecule has 0 N–H and O–H groups in total. The number of hydrogen-bond donors (Lipinski definition) is 0. The Morgan fingerprint density at radius 3 is 2.62 bits per heavy atom. The standard InChI is InChI=1S/C9H9BrN2O/c10-7-4-11-9(12-5-7)3-8(13)6-1-2-6/h4-6H,1-3H2. The van der Waals surface area contributed by atoms with Crippen LogP contribution in [0.25, 0.3) is 0 Å². The molecular weight excluding hydrogens is 232 g/mol. The van der Waals surface area contributed by atoms with Crippen LogP contribution in [0.2, 0.25) is 0 Å². The SMILES string of the molecule is O=C(Cc1ncc(Br)cn1)C1CC1. The lowest BCUT2D eigenvalue weighted by atomic mass is 10.2. The predicted molar refractivity (Wildman–Crippen MR) is 51.2 cm³/mol. The van der Waals surface area contributed by atoms with Crippen LogP contribution in [0.4, 0.5) is 0 Å². The summed E-state index contributed by atoms with van der Waals surface area (Å²) < 4.78 is 0.843. The zero-order valence-electron chi connectivity index (χ0n) is 7.03. The minimum Gasteiger partial charge on any atom is -0.299 e. The topological polar surface area (TPSA) is 42.9 Å². The van der Waals surface area contributed by atoms with E-state index < -0.39 is 0 Å². The normalized spacial score (nSPS) is 15.8. The molecule has 13 heavy (non-hydrogen) atoms. The van der Waals surface area contributed by atoms with Gasteiger partial charge in [-0.3, -0.25) is 4.79 Å². The van der Waals surface area contributed by atoms with Crippen LogP contribution in [0.3, 0.4) is 0 Å². The molecule has 1 fully saturated rings. The van der Waals surface area contributed by atoms with Crippen molar-refractivity contribution in [3.63, 3.8) is 0 Å². The van der Waals surface area contributed by atoms with Gasteiger partial charge in [-0.1, -0.05) is 0 Å². The van der Waals surface area contributed by atoms with Crippen LogP contribution in [0, 0.1) is 5.92 Å². The molecule has 1 aliphatic rings. The molecule has 0 bridgehead atoms. The fraction of sp³-hybridized carbons (Fsp3) is 0.444. The Bertz CT molecular complexity index is 319. The molecule has 1 aliphatic carbocycles. The van der Waals surface area contributed by atoms with E-state index in [-0.39, 0.29) is 5.78 Å². The van der Waals surface area contributed by atoms with E-state index in [9.17, 15) is 4.79 Å². The average Bonchev–Trinajstić information content (AvgIpc) is 2.91. The first-order valence-corrected chi connectivity index (χ1v) is 5.04. The molecule has 0 saturated heterocycles. The van der Waals surface area contributed by atoms with Crippen molar-refractivity contribution < 1.29 is 4.79 Å². The highest BCUT2D eigenvalue weighted by molar-refractivity contribution is 9.10. The lowest BCUT2D eigenvalue weighted by Crippen LogP contribution is -2.07. The predicted octanol–water partition coefficient (Wildman–Crippen LogP) is 1.76. The summed E-state index contributed by atoms with van der Waals surface area (Å²) in [5.74, 6) is 1.20. The van der Waals surface area contributed by atoms with Crippen molar-refractivity contribution in [2.45, 2.75) is 19.3 Å². The van der Waals surface area contributed by atoms with Gasteiger partial charge in [-0.25, -0.2) is 9.97 Å². The molecule has 1 heterocycles. The van der Waals surface area contributed by atoms with Crippen LogP contribution >= 0.6 is 15.9 Å². The van der Waals surface area contributed by atoms with Gasteiger partial charge < -0.3 is 0 Å². The van der Waals surface area contributed by atoms with Gasteiger partial charge in [0, 0.05) is 18.3 Å². The number of carbonyl (C=O) groups excluding carboxylic acids is 1. The number of aromatic nitrogens is 2. The van der Waals surface area contributed by atoms with Crippen molar-refractivity contribution in [2.75, 3.05) is 0 Å². The summed E-state index contributed by atoms with van der Waals surface area (Å²) in [6.45, 7) is 0. The molecule has 0 aromatic carbocycles. The smallest absolute Gasteiger partial charge is 0.143 e. The van der Waals surface area contributed by atoms with Crippen LogP contribution in [-0.2, 0) is 11.2 Å². The maximum atomic E-state index is 11.4. The van der Waals surface area contributed by atoms with Crippen molar-refractivity contribution in [3.05, 3.63) is 22.7 Å². The van der Waals surface area contributed by atoms with Crippen LogP contribution in [0.1, 0.15) is 18.7 Å². The molecule has 0 unspecified atom stereocenters. The van der Waals surface area contributed by atoms with E-state index in [2.05, 4.69) is 25.9 Å². The third-order valence-corrected chi connectivity index (χ3v) is 2.45. The molecule has 0 spiro atoms. The maximum Gasteiger partial charge on any atom is 0.143 e. The van der Waals surface area contributed by atoms with Crippen LogP contribution < -0.4 is 0 Å². The molecule has 0 aliphatic heterocycles. The van der Waals surface area contributed by atoms with Gasteiger partial charge in [-0.15, -0.1) is 0 Å². The van der Waals surface area contributed by atoms with Crippen molar-refractivity contribution in [3.8, 4) is 0 Å². The van der Waals surface area contributed by atoms with Crippen LogP contribution in [0.15, 0.2) is 16.9 Å². The van der Waals surface area contributed by atoms with Crippen molar-refractivity contribution in [1.82, 2.24) is 9.97 Å². The highest BCUT2D eigenvalue weighted by Crippen LogP contribution is 2.30. The molecule has 68 valence electrons. The van der Waals surface area contributed by atoms with Gasteiger partial charge in [0.25, 0.3) is 0 Å². The monoisotopic (exact) mass is 240 g/mol. The second-order valence-corrected chi connectivity index (χ2v) is 4.15. The summed E-state index contributed by atoms with van der Waals surface area (Å²) in [4.78, 5) is 19.5. The first kappa shape index (κ1) is 8.81. The number of carbonyl (C=O) groups is 1. The zero-order valence-corrected chi connectivity index (χ0v) is 8.62. The number of Topliss-reactive ketones (excluding diaryl/α,β-unsaturated/α-hetero) is 1. The van der Waals surface area contributed by atoms with E-state index >= 15 is 0 Å². The van der Waals surface area contributed by atoms with E-state index in [1.165, 1.54) is 0 Å². The van der Waals surface area contributed by atoms with Gasteiger partial charge in [-0.05, 0) is 28.8 Å². The summed E-state index contributed by atoms with van der Waals surface area (Å²) in [6.07, 6.45) is 5.83. The summed E-state index contributed by atoms with van der Waals surface area (Å²) in [7, 11) is 0. The van der Waals surface area contributed by atoms with Crippen LogP contribution in [0.5, 0.6) is 0 Å². The lowest BCUT2D eigenvalue weighted by molar-refractivity contribution is -0.119. The number of nitrogens with zero attached hydrogens (tertiary/aromatic N) is 2. The van der Waals surface area contributed by atoms with Gasteiger partial charge >= 0.3 is 0 Å². The third-order valence-electron chi connectivity index (χ3n) is 2.04. The molecule has 1 aromatic rings. The van der Waals surface area contributed by atoms with E-state index in [1.807, 2.05) is 0 Å². The quantitative estimate of drug-likeness (QED) is 0.809. The number of rotatable bonds is 3. The fourth-order valence-electron chi connectivity index (χ4n) is 1.14. The van der Waals surface area contributed by atoms with E-state index in [0.717, 1.165) is 17.3 Å². The van der Waals surface area contributed by atoms with E-state index in [4.69, 9.17) is 0 Å². The Kier molecular flexibility index (Phi) is 2.40. The van der Waals surface area contributed by atoms with Gasteiger partial charge in [-0.2, -0.15) is 0 Å². The molecule has 1 aromatic heterocycles. The molecule has 3 nitrogen and oxygen atoms in total. The van der Waals surface area contributed by atoms with E-state index in [0.29, 0.717) is 18.2 Å². The first-order chi connectivity index (χ1) is 6.25. The second-order valence-electron chi connectivity index (χ2n) is 3.23. The Balaban J connectivity index is 2.00. The Hall–Kier alpha value is -0.770. The largest absolute Gasteiger partial charge is 0.299 e. The molecule has 1 saturated carbocycles. The minimum atomic E-state index is 0.280. The van der Waals surface area contributed by atoms with Crippen molar-refractivity contribution in [2.24, 2.45) is 5.92 Å². The van der Waals surface area contributed by atoms with Crippen molar-refractivity contribution in [1.29, 1.82) is 0 Å². The fourth-order valence-corrected chi connectivity index (χ4v) is 1.34. The highest BCUT2D eigenvalue weighted by Gasteiger charge is 2.29. The third kappa shape index (κ3) is 2.34. The zero-order chi connectivity index (χ0) is 9.26. The Morgan fingerprint density at radius 1 is 1.46 bits per heavy atom.